The third kappa shape index (κ3) is 3.00. The second-order valence-electron chi connectivity index (χ2n) is 5.36. The van der Waals surface area contributed by atoms with Crippen molar-refractivity contribution in [2.45, 2.75) is 22.8 Å². The SMILES string of the molecule is COCCO[C@H]1C(O)[C@@H](CO)S[C@H]1n1cnc2c(N)nc(N)nc21. The molecule has 1 fully saturated rings. The molecule has 0 aromatic carbocycles. The summed E-state index contributed by atoms with van der Waals surface area (Å²) in [4.78, 5) is 12.3. The fraction of sp³-hybridized carbons (Fsp3) is 0.615. The van der Waals surface area contributed by atoms with Crippen LogP contribution in [0.1, 0.15) is 5.37 Å². The van der Waals surface area contributed by atoms with Gasteiger partial charge in [-0.15, -0.1) is 11.8 Å². The second-order valence-corrected chi connectivity index (χ2v) is 6.72. The molecule has 1 unspecified atom stereocenters. The highest BCUT2D eigenvalue weighted by Gasteiger charge is 2.45. The summed E-state index contributed by atoms with van der Waals surface area (Å²) in [6.45, 7) is 0.550. The highest BCUT2D eigenvalue weighted by molar-refractivity contribution is 8.00. The smallest absolute Gasteiger partial charge is 0.224 e. The van der Waals surface area contributed by atoms with Crippen LogP contribution < -0.4 is 11.5 Å². The van der Waals surface area contributed by atoms with Gasteiger partial charge >= 0.3 is 0 Å². The number of nitrogen functional groups attached to an aromatic ring is 2. The molecule has 3 rings (SSSR count). The van der Waals surface area contributed by atoms with Crippen LogP contribution in [-0.4, -0.2) is 74.1 Å². The lowest BCUT2D eigenvalue weighted by atomic mass is 10.1. The van der Waals surface area contributed by atoms with Gasteiger partial charge in [0.15, 0.2) is 11.5 Å². The highest BCUT2D eigenvalue weighted by atomic mass is 32.2. The van der Waals surface area contributed by atoms with Gasteiger partial charge in [-0.05, 0) is 0 Å². The third-order valence-corrected chi connectivity index (χ3v) is 5.38. The molecule has 0 bridgehead atoms. The van der Waals surface area contributed by atoms with E-state index in [0.717, 1.165) is 0 Å². The van der Waals surface area contributed by atoms with Gasteiger partial charge in [0.1, 0.15) is 17.0 Å². The lowest BCUT2D eigenvalue weighted by Gasteiger charge is -2.23. The normalized spacial score (nSPS) is 27.1. The van der Waals surface area contributed by atoms with Crippen molar-refractivity contribution in [1.29, 1.82) is 0 Å². The molecule has 11 heteroatoms. The summed E-state index contributed by atoms with van der Waals surface area (Å²) in [5.74, 6) is 0.233. The maximum absolute atomic E-state index is 10.4. The molecule has 0 radical (unpaired) electrons. The van der Waals surface area contributed by atoms with Crippen LogP contribution >= 0.6 is 11.8 Å². The van der Waals surface area contributed by atoms with Crippen LogP contribution in [0.3, 0.4) is 0 Å². The maximum atomic E-state index is 10.4. The number of nitrogens with zero attached hydrogens (tertiary/aromatic N) is 4. The van der Waals surface area contributed by atoms with Crippen molar-refractivity contribution in [2.75, 3.05) is 38.4 Å². The van der Waals surface area contributed by atoms with Crippen LogP contribution in [0.5, 0.6) is 0 Å². The molecule has 1 saturated heterocycles. The number of methoxy groups -OCH3 is 1. The minimum Gasteiger partial charge on any atom is -0.395 e. The number of rotatable bonds is 6. The predicted octanol–water partition coefficient (Wildman–Crippen LogP) is -1.01. The van der Waals surface area contributed by atoms with Gasteiger partial charge in [-0.25, -0.2) is 4.98 Å². The van der Waals surface area contributed by atoms with Crippen LogP contribution in [0.4, 0.5) is 11.8 Å². The largest absolute Gasteiger partial charge is 0.395 e. The Hall–Kier alpha value is -1.66. The number of anilines is 2. The fourth-order valence-corrected chi connectivity index (χ4v) is 4.12. The number of imidazole rings is 1. The fourth-order valence-electron chi connectivity index (χ4n) is 2.68. The number of thioether (sulfide) groups is 1. The van der Waals surface area contributed by atoms with Crippen molar-refractivity contribution in [3.05, 3.63) is 6.33 Å². The summed E-state index contributed by atoms with van der Waals surface area (Å²) in [6, 6.07) is 0. The lowest BCUT2D eigenvalue weighted by Crippen LogP contribution is -2.36. The first-order valence-electron chi connectivity index (χ1n) is 7.37. The molecule has 132 valence electrons. The Labute approximate surface area is 142 Å². The molecule has 1 aliphatic rings. The zero-order chi connectivity index (χ0) is 17.3. The number of hydrogen-bond acceptors (Lipinski definition) is 10. The molecule has 6 N–H and O–H groups in total. The summed E-state index contributed by atoms with van der Waals surface area (Å²) in [5, 5.41) is 19.2. The van der Waals surface area contributed by atoms with Crippen LogP contribution in [0, 0.1) is 0 Å². The van der Waals surface area contributed by atoms with E-state index in [0.29, 0.717) is 24.4 Å². The van der Waals surface area contributed by atoms with Gasteiger partial charge in [-0.2, -0.15) is 9.97 Å². The monoisotopic (exact) mass is 356 g/mol. The van der Waals surface area contributed by atoms with E-state index in [1.165, 1.54) is 11.8 Å². The van der Waals surface area contributed by atoms with Crippen LogP contribution in [-0.2, 0) is 9.47 Å². The Balaban J connectivity index is 1.96. The van der Waals surface area contributed by atoms with Crippen molar-refractivity contribution in [3.63, 3.8) is 0 Å². The number of aromatic nitrogens is 4. The van der Waals surface area contributed by atoms with Gasteiger partial charge in [-0.3, -0.25) is 4.57 Å². The molecule has 2 aromatic heterocycles. The zero-order valence-corrected chi connectivity index (χ0v) is 13.9. The van der Waals surface area contributed by atoms with Crippen molar-refractivity contribution in [3.8, 4) is 0 Å². The number of aliphatic hydroxyl groups is 2. The van der Waals surface area contributed by atoms with Crippen molar-refractivity contribution in [1.82, 2.24) is 19.5 Å². The maximum Gasteiger partial charge on any atom is 0.224 e. The first-order chi connectivity index (χ1) is 11.6. The summed E-state index contributed by atoms with van der Waals surface area (Å²) in [7, 11) is 1.57. The van der Waals surface area contributed by atoms with E-state index in [9.17, 15) is 10.2 Å². The molecule has 1 aliphatic heterocycles. The molecular weight excluding hydrogens is 336 g/mol. The molecule has 4 atom stereocenters. The molecule has 3 heterocycles. The average Bonchev–Trinajstić information content (AvgIpc) is 3.09. The quantitative estimate of drug-likeness (QED) is 0.473. The molecule has 2 aromatic rings. The van der Waals surface area contributed by atoms with E-state index < -0.39 is 12.2 Å². The van der Waals surface area contributed by atoms with Gasteiger partial charge in [0.05, 0.1) is 37.5 Å². The number of ether oxygens (including phenoxy) is 2. The Morgan fingerprint density at radius 2 is 2.12 bits per heavy atom. The van der Waals surface area contributed by atoms with Gasteiger partial charge in [0, 0.05) is 7.11 Å². The Morgan fingerprint density at radius 1 is 1.33 bits per heavy atom. The number of fused-ring (bicyclic) bond motifs is 1. The Bertz CT molecular complexity index is 713. The molecule has 0 amide bonds. The standard InChI is InChI=1S/C13H20N6O4S/c1-22-2-3-23-9-8(21)6(4-20)24-12(9)19-5-16-7-10(14)17-13(15)18-11(7)19/h5-6,8-9,12,20-21H,2-4H2,1H3,(H4,14,15,17,18)/t6-,8?,9+,12-/m1/s1. The third-order valence-electron chi connectivity index (χ3n) is 3.83. The predicted molar refractivity (Wildman–Crippen MR) is 89.3 cm³/mol. The summed E-state index contributed by atoms with van der Waals surface area (Å²) < 4.78 is 12.5. The molecule has 24 heavy (non-hydrogen) atoms. The summed E-state index contributed by atoms with van der Waals surface area (Å²) in [5.41, 5.74) is 12.4. The van der Waals surface area contributed by atoms with Gasteiger partial charge in [0.25, 0.3) is 0 Å². The summed E-state index contributed by atoms with van der Waals surface area (Å²) in [6.07, 6.45) is 0.166. The average molecular weight is 356 g/mol. The topological polar surface area (TPSA) is 155 Å². The number of nitrogens with two attached hydrogens (primary N) is 2. The van der Waals surface area contributed by atoms with Crippen molar-refractivity contribution < 1.29 is 19.7 Å². The van der Waals surface area contributed by atoms with E-state index >= 15 is 0 Å². The molecule has 10 nitrogen and oxygen atoms in total. The minimum absolute atomic E-state index is 0.0425. The van der Waals surface area contributed by atoms with E-state index in [2.05, 4.69) is 15.0 Å². The molecule has 0 spiro atoms. The van der Waals surface area contributed by atoms with Crippen LogP contribution in [0.25, 0.3) is 11.2 Å². The van der Waals surface area contributed by atoms with Crippen LogP contribution in [0.2, 0.25) is 0 Å². The van der Waals surface area contributed by atoms with Gasteiger partial charge < -0.3 is 31.2 Å². The van der Waals surface area contributed by atoms with Gasteiger partial charge in [-0.1, -0.05) is 0 Å². The highest BCUT2D eigenvalue weighted by Crippen LogP contribution is 2.44. The van der Waals surface area contributed by atoms with E-state index in [1.54, 1.807) is 18.0 Å². The lowest BCUT2D eigenvalue weighted by molar-refractivity contribution is -0.0556. The number of aliphatic hydroxyl groups excluding tert-OH is 2. The zero-order valence-electron chi connectivity index (χ0n) is 13.1. The van der Waals surface area contributed by atoms with E-state index in [1.807, 2.05) is 0 Å². The van der Waals surface area contributed by atoms with E-state index in [4.69, 9.17) is 20.9 Å². The minimum atomic E-state index is -0.837. The van der Waals surface area contributed by atoms with Gasteiger partial charge in [0.2, 0.25) is 5.95 Å². The Morgan fingerprint density at radius 3 is 2.83 bits per heavy atom. The number of hydrogen-bond donors (Lipinski definition) is 4. The second kappa shape index (κ2) is 7.07. The molecule has 0 aliphatic carbocycles. The molecule has 0 saturated carbocycles. The Kier molecular flexibility index (Phi) is 5.06. The first kappa shape index (κ1) is 17.2. The van der Waals surface area contributed by atoms with Crippen molar-refractivity contribution in [2.24, 2.45) is 0 Å². The first-order valence-corrected chi connectivity index (χ1v) is 8.31. The van der Waals surface area contributed by atoms with E-state index in [-0.39, 0.29) is 29.0 Å². The summed E-state index contributed by atoms with van der Waals surface area (Å²) >= 11 is 1.38. The molecular formula is C13H20N6O4S. The van der Waals surface area contributed by atoms with Crippen molar-refractivity contribution >= 4 is 34.7 Å². The van der Waals surface area contributed by atoms with Crippen LogP contribution in [0.15, 0.2) is 6.33 Å².